The first-order chi connectivity index (χ1) is 9.82. The predicted molar refractivity (Wildman–Crippen MR) is 69.0 cm³/mol. The Morgan fingerprint density at radius 2 is 1.95 bits per heavy atom. The molecule has 112 valence electrons. The Labute approximate surface area is 119 Å². The number of anilines is 1. The molecule has 0 bridgehead atoms. The number of hydrogen-bond acceptors (Lipinski definition) is 3. The van der Waals surface area contributed by atoms with Crippen LogP contribution in [0.2, 0.25) is 0 Å². The number of hydrogen-bond donors (Lipinski definition) is 1. The number of nitrogens with zero attached hydrogens (tertiary/aromatic N) is 2. The summed E-state index contributed by atoms with van der Waals surface area (Å²) in [5.74, 6) is -1.52. The van der Waals surface area contributed by atoms with Gasteiger partial charge in [0.25, 0.3) is 0 Å². The second-order valence-corrected chi connectivity index (χ2v) is 4.93. The van der Waals surface area contributed by atoms with Gasteiger partial charge in [0.05, 0.1) is 17.2 Å². The van der Waals surface area contributed by atoms with Gasteiger partial charge in [-0.15, -0.1) is 0 Å². The third-order valence-corrected chi connectivity index (χ3v) is 3.57. The smallest absolute Gasteiger partial charge is 0.418 e. The molecule has 1 N–H and O–H groups in total. The summed E-state index contributed by atoms with van der Waals surface area (Å²) >= 11 is 0. The molecule has 0 spiro atoms. The molecule has 0 unspecified atom stereocenters. The van der Waals surface area contributed by atoms with Crippen molar-refractivity contribution in [1.82, 2.24) is 0 Å². The van der Waals surface area contributed by atoms with Gasteiger partial charge >= 0.3 is 12.1 Å². The maximum Gasteiger partial charge on any atom is 0.418 e. The van der Waals surface area contributed by atoms with Gasteiger partial charge in [0, 0.05) is 24.7 Å². The second-order valence-electron chi connectivity index (χ2n) is 4.93. The Kier molecular flexibility index (Phi) is 4.07. The number of rotatable bonds is 2. The Hall–Kier alpha value is -2.23. The van der Waals surface area contributed by atoms with Gasteiger partial charge in [-0.1, -0.05) is 0 Å². The van der Waals surface area contributed by atoms with Crippen molar-refractivity contribution in [3.05, 3.63) is 29.3 Å². The van der Waals surface area contributed by atoms with Gasteiger partial charge in [0.1, 0.15) is 0 Å². The molecule has 1 aliphatic rings. The van der Waals surface area contributed by atoms with E-state index < -0.39 is 23.3 Å². The van der Waals surface area contributed by atoms with Gasteiger partial charge in [0.15, 0.2) is 0 Å². The topological polar surface area (TPSA) is 64.3 Å². The maximum absolute atomic E-state index is 13.1. The van der Waals surface area contributed by atoms with Gasteiger partial charge in [-0.25, -0.2) is 4.79 Å². The van der Waals surface area contributed by atoms with E-state index in [2.05, 4.69) is 6.07 Å². The van der Waals surface area contributed by atoms with E-state index in [1.54, 1.807) is 4.90 Å². The van der Waals surface area contributed by atoms with Crippen LogP contribution in [0.5, 0.6) is 0 Å². The van der Waals surface area contributed by atoms with Crippen molar-refractivity contribution in [2.45, 2.75) is 19.0 Å². The number of aromatic carboxylic acids is 1. The highest BCUT2D eigenvalue weighted by molar-refractivity contribution is 5.88. The van der Waals surface area contributed by atoms with Crippen molar-refractivity contribution in [3.63, 3.8) is 0 Å². The first-order valence-corrected chi connectivity index (χ1v) is 6.42. The lowest BCUT2D eigenvalue weighted by Gasteiger charge is -2.33. The van der Waals surface area contributed by atoms with Crippen LogP contribution in [-0.4, -0.2) is 24.2 Å². The van der Waals surface area contributed by atoms with Crippen LogP contribution in [-0.2, 0) is 6.18 Å². The molecule has 1 aromatic rings. The minimum absolute atomic E-state index is 0.0242. The van der Waals surface area contributed by atoms with Crippen molar-refractivity contribution in [2.24, 2.45) is 5.92 Å². The number of alkyl halides is 3. The summed E-state index contributed by atoms with van der Waals surface area (Å²) in [5.41, 5.74) is -1.36. The molecule has 4 nitrogen and oxygen atoms in total. The fourth-order valence-electron chi connectivity index (χ4n) is 2.42. The number of piperidine rings is 1. The standard InChI is InChI=1S/C14H13F3N2O2/c15-14(16,17)11-7-10(13(20)21)1-2-12(11)19-5-3-9(8-18)4-6-19/h1-2,7,9H,3-6H2,(H,20,21). The summed E-state index contributed by atoms with van der Waals surface area (Å²) in [7, 11) is 0. The molecule has 1 fully saturated rings. The molecule has 1 aliphatic heterocycles. The predicted octanol–water partition coefficient (Wildman–Crippen LogP) is 3.14. The summed E-state index contributed by atoms with van der Waals surface area (Å²) in [5, 5.41) is 17.6. The highest BCUT2D eigenvalue weighted by Gasteiger charge is 2.36. The third-order valence-electron chi connectivity index (χ3n) is 3.57. The van der Waals surface area contributed by atoms with E-state index in [9.17, 15) is 18.0 Å². The van der Waals surface area contributed by atoms with Crippen molar-refractivity contribution in [2.75, 3.05) is 18.0 Å². The first kappa shape index (κ1) is 15.2. The molecule has 0 aliphatic carbocycles. The molecule has 2 rings (SSSR count). The molecule has 0 aromatic heterocycles. The molecule has 0 amide bonds. The summed E-state index contributed by atoms with van der Waals surface area (Å²) in [6.07, 6.45) is -3.60. The van der Waals surface area contributed by atoms with Crippen molar-refractivity contribution >= 4 is 11.7 Å². The van der Waals surface area contributed by atoms with E-state index in [-0.39, 0.29) is 11.6 Å². The Morgan fingerprint density at radius 1 is 1.33 bits per heavy atom. The van der Waals surface area contributed by atoms with Crippen LogP contribution in [0.25, 0.3) is 0 Å². The van der Waals surface area contributed by atoms with Gasteiger partial charge in [-0.3, -0.25) is 0 Å². The van der Waals surface area contributed by atoms with Crippen molar-refractivity contribution in [1.29, 1.82) is 5.26 Å². The van der Waals surface area contributed by atoms with E-state index in [0.717, 1.165) is 0 Å². The first-order valence-electron chi connectivity index (χ1n) is 6.42. The van der Waals surface area contributed by atoms with Crippen LogP contribution >= 0.6 is 0 Å². The highest BCUT2D eigenvalue weighted by Crippen LogP contribution is 2.38. The zero-order valence-corrected chi connectivity index (χ0v) is 11.0. The van der Waals surface area contributed by atoms with E-state index in [0.29, 0.717) is 32.0 Å². The fraction of sp³-hybridized carbons (Fsp3) is 0.429. The zero-order chi connectivity index (χ0) is 15.6. The van der Waals surface area contributed by atoms with Crippen LogP contribution < -0.4 is 4.90 Å². The van der Waals surface area contributed by atoms with Crippen LogP contribution in [0, 0.1) is 17.2 Å². The largest absolute Gasteiger partial charge is 0.478 e. The lowest BCUT2D eigenvalue weighted by atomic mass is 9.97. The molecule has 1 aromatic carbocycles. The minimum atomic E-state index is -4.62. The van der Waals surface area contributed by atoms with Crippen molar-refractivity contribution < 1.29 is 23.1 Å². The monoisotopic (exact) mass is 298 g/mol. The number of carboxylic acids is 1. The normalized spacial score (nSPS) is 16.6. The zero-order valence-electron chi connectivity index (χ0n) is 11.0. The number of carbonyl (C=O) groups is 1. The molecule has 0 radical (unpaired) electrons. The van der Waals surface area contributed by atoms with Gasteiger partial charge in [-0.2, -0.15) is 18.4 Å². The molecule has 1 saturated heterocycles. The van der Waals surface area contributed by atoms with E-state index >= 15 is 0 Å². The van der Waals surface area contributed by atoms with Crippen LogP contribution in [0.15, 0.2) is 18.2 Å². The van der Waals surface area contributed by atoms with Gasteiger partial charge < -0.3 is 10.0 Å². The Balaban J connectivity index is 2.35. The highest BCUT2D eigenvalue weighted by atomic mass is 19.4. The minimum Gasteiger partial charge on any atom is -0.478 e. The summed E-state index contributed by atoms with van der Waals surface area (Å²) in [6, 6.07) is 5.14. The molecule has 1 heterocycles. The Bertz CT molecular complexity index is 585. The number of halogens is 3. The van der Waals surface area contributed by atoms with E-state index in [1.165, 1.54) is 12.1 Å². The lowest BCUT2D eigenvalue weighted by Crippen LogP contribution is -2.34. The van der Waals surface area contributed by atoms with Gasteiger partial charge in [-0.05, 0) is 31.0 Å². The van der Waals surface area contributed by atoms with Crippen molar-refractivity contribution in [3.8, 4) is 6.07 Å². The summed E-state index contributed by atoms with van der Waals surface area (Å²) < 4.78 is 39.4. The molecule has 7 heteroatoms. The molecular weight excluding hydrogens is 285 g/mol. The second kappa shape index (κ2) is 5.64. The third kappa shape index (κ3) is 3.27. The van der Waals surface area contributed by atoms with Gasteiger partial charge in [0.2, 0.25) is 0 Å². The number of benzene rings is 1. The number of nitriles is 1. The molecular formula is C14H13F3N2O2. The van der Waals surface area contributed by atoms with Crippen LogP contribution in [0.4, 0.5) is 18.9 Å². The average Bonchev–Trinajstić information content (AvgIpc) is 2.46. The molecule has 0 atom stereocenters. The van der Waals surface area contributed by atoms with E-state index in [4.69, 9.17) is 10.4 Å². The fourth-order valence-corrected chi connectivity index (χ4v) is 2.42. The summed E-state index contributed by atoms with van der Waals surface area (Å²) in [4.78, 5) is 12.4. The Morgan fingerprint density at radius 3 is 2.43 bits per heavy atom. The summed E-state index contributed by atoms with van der Waals surface area (Å²) in [6.45, 7) is 0.710. The maximum atomic E-state index is 13.1. The molecule has 0 saturated carbocycles. The average molecular weight is 298 g/mol. The quantitative estimate of drug-likeness (QED) is 0.911. The van der Waals surface area contributed by atoms with E-state index in [1.807, 2.05) is 0 Å². The number of carboxylic acid groups (broad SMARTS) is 1. The van der Waals surface area contributed by atoms with Crippen LogP contribution in [0.1, 0.15) is 28.8 Å². The van der Waals surface area contributed by atoms with Crippen LogP contribution in [0.3, 0.4) is 0 Å². The SMILES string of the molecule is N#CC1CCN(c2ccc(C(=O)O)cc2C(F)(F)F)CC1. The lowest BCUT2D eigenvalue weighted by molar-refractivity contribution is -0.137. The molecule has 21 heavy (non-hydrogen) atoms.